The first-order valence-corrected chi connectivity index (χ1v) is 8.55. The van der Waals surface area contributed by atoms with Crippen LogP contribution in [0.15, 0.2) is 30.3 Å². The van der Waals surface area contributed by atoms with Gasteiger partial charge in [0.05, 0.1) is 14.2 Å². The number of hydrogen-bond donors (Lipinski definition) is 1. The fourth-order valence-corrected chi connectivity index (χ4v) is 3.24. The Balaban J connectivity index is 1.50. The average molecular weight is 355 g/mol. The summed E-state index contributed by atoms with van der Waals surface area (Å²) < 4.78 is 12.2. The van der Waals surface area contributed by atoms with Crippen molar-refractivity contribution in [3.63, 3.8) is 0 Å². The van der Waals surface area contributed by atoms with Gasteiger partial charge in [-0.1, -0.05) is 0 Å². The van der Waals surface area contributed by atoms with Gasteiger partial charge in [-0.05, 0) is 35.4 Å². The van der Waals surface area contributed by atoms with E-state index in [1.165, 1.54) is 4.63 Å². The van der Waals surface area contributed by atoms with Crippen LogP contribution in [0.4, 0.5) is 11.5 Å². The highest BCUT2D eigenvalue weighted by Crippen LogP contribution is 2.28. The summed E-state index contributed by atoms with van der Waals surface area (Å²) in [6.45, 7) is 1.81. The van der Waals surface area contributed by atoms with Crippen LogP contribution in [0, 0.1) is 0 Å². The third-order valence-corrected chi connectivity index (χ3v) is 4.52. The van der Waals surface area contributed by atoms with Crippen LogP contribution in [0.1, 0.15) is 12.8 Å². The summed E-state index contributed by atoms with van der Waals surface area (Å²) >= 11 is 0. The number of tetrazole rings is 1. The highest BCUT2D eigenvalue weighted by Gasteiger charge is 2.22. The van der Waals surface area contributed by atoms with Crippen molar-refractivity contribution in [1.29, 1.82) is 0 Å². The van der Waals surface area contributed by atoms with Crippen molar-refractivity contribution in [3.8, 4) is 11.5 Å². The Morgan fingerprint density at radius 2 is 1.92 bits per heavy atom. The second-order valence-electron chi connectivity index (χ2n) is 6.25. The van der Waals surface area contributed by atoms with Gasteiger partial charge < -0.3 is 19.7 Å². The molecule has 0 bridgehead atoms. The first-order chi connectivity index (χ1) is 12.7. The van der Waals surface area contributed by atoms with Gasteiger partial charge in [-0.3, -0.25) is 0 Å². The number of nitrogens with one attached hydrogen (secondary N) is 1. The van der Waals surface area contributed by atoms with Crippen LogP contribution < -0.4 is 19.7 Å². The van der Waals surface area contributed by atoms with Gasteiger partial charge in [0.25, 0.3) is 0 Å². The van der Waals surface area contributed by atoms with Gasteiger partial charge in [-0.2, -0.15) is 0 Å². The first-order valence-electron chi connectivity index (χ1n) is 8.55. The third-order valence-electron chi connectivity index (χ3n) is 4.52. The molecule has 0 spiro atoms. The van der Waals surface area contributed by atoms with E-state index in [-0.39, 0.29) is 0 Å². The molecule has 0 aliphatic carbocycles. The van der Waals surface area contributed by atoms with Gasteiger partial charge in [0.2, 0.25) is 0 Å². The van der Waals surface area contributed by atoms with Crippen LogP contribution in [0.25, 0.3) is 5.65 Å². The summed E-state index contributed by atoms with van der Waals surface area (Å²) in [5, 5.41) is 19.5. The molecule has 0 radical (unpaired) electrons. The van der Waals surface area contributed by atoms with Crippen LogP contribution in [0.3, 0.4) is 0 Å². The summed E-state index contributed by atoms with van der Waals surface area (Å²) in [7, 11) is 3.31. The fourth-order valence-electron chi connectivity index (χ4n) is 3.24. The molecule has 1 fully saturated rings. The predicted molar refractivity (Wildman–Crippen MR) is 97.0 cm³/mol. The van der Waals surface area contributed by atoms with Crippen LogP contribution in [0.2, 0.25) is 0 Å². The Bertz CT molecular complexity index is 875. The Hall–Kier alpha value is -3.10. The molecule has 0 saturated carbocycles. The van der Waals surface area contributed by atoms with Crippen LogP contribution >= 0.6 is 0 Å². The van der Waals surface area contributed by atoms with Gasteiger partial charge in [-0.25, -0.2) is 0 Å². The lowest BCUT2D eigenvalue weighted by Crippen LogP contribution is -2.42. The number of aromatic nitrogens is 5. The molecular weight excluding hydrogens is 334 g/mol. The zero-order chi connectivity index (χ0) is 17.9. The number of fused-ring (bicyclic) bond motifs is 1. The lowest BCUT2D eigenvalue weighted by molar-refractivity contribution is 0.394. The molecule has 1 aliphatic heterocycles. The molecule has 1 aliphatic rings. The number of hydrogen-bond acceptors (Lipinski definition) is 8. The minimum Gasteiger partial charge on any atom is -0.497 e. The number of nitrogens with zero attached hydrogens (tertiary/aromatic N) is 6. The molecule has 136 valence electrons. The van der Waals surface area contributed by atoms with Crippen molar-refractivity contribution >= 4 is 17.2 Å². The molecule has 1 unspecified atom stereocenters. The second kappa shape index (κ2) is 7.03. The molecule has 3 heterocycles. The van der Waals surface area contributed by atoms with E-state index in [1.807, 2.05) is 30.3 Å². The maximum absolute atomic E-state index is 5.35. The van der Waals surface area contributed by atoms with E-state index >= 15 is 0 Å². The SMILES string of the molecule is COc1cc(NC2CCCN(c3ccc4nnnn4n3)C2)cc(OC)c1. The van der Waals surface area contributed by atoms with Gasteiger partial charge in [0.15, 0.2) is 11.5 Å². The number of rotatable bonds is 5. The maximum atomic E-state index is 5.35. The lowest BCUT2D eigenvalue weighted by Gasteiger charge is -2.34. The number of methoxy groups -OCH3 is 2. The monoisotopic (exact) mass is 355 g/mol. The van der Waals surface area contributed by atoms with Crippen LogP contribution in [0.5, 0.6) is 11.5 Å². The molecular formula is C17H21N7O2. The summed E-state index contributed by atoms with van der Waals surface area (Å²) in [6.07, 6.45) is 2.16. The molecule has 3 aromatic rings. The van der Waals surface area contributed by atoms with Crippen molar-refractivity contribution in [2.24, 2.45) is 0 Å². The topological polar surface area (TPSA) is 89.7 Å². The summed E-state index contributed by atoms with van der Waals surface area (Å²) in [5.41, 5.74) is 1.63. The molecule has 9 heteroatoms. The van der Waals surface area contributed by atoms with Gasteiger partial charge >= 0.3 is 0 Å². The Morgan fingerprint density at radius 1 is 1.12 bits per heavy atom. The van der Waals surface area contributed by atoms with Crippen molar-refractivity contribution in [3.05, 3.63) is 30.3 Å². The second-order valence-corrected chi connectivity index (χ2v) is 6.25. The molecule has 0 amide bonds. The van der Waals surface area contributed by atoms with E-state index in [0.29, 0.717) is 11.7 Å². The standard InChI is InChI=1S/C17H21N7O2/c1-25-14-8-13(9-15(10-14)26-2)18-12-4-3-7-23(11-12)17-6-5-16-19-21-22-24(16)20-17/h5-6,8-10,12,18H,3-4,7,11H2,1-2H3. The van der Waals surface area contributed by atoms with E-state index in [4.69, 9.17) is 9.47 Å². The van der Waals surface area contributed by atoms with Crippen molar-refractivity contribution < 1.29 is 9.47 Å². The summed E-state index contributed by atoms with van der Waals surface area (Å²) in [5.74, 6) is 2.41. The van der Waals surface area contributed by atoms with E-state index in [9.17, 15) is 0 Å². The molecule has 1 saturated heterocycles. The number of piperidine rings is 1. The van der Waals surface area contributed by atoms with Crippen LogP contribution in [-0.2, 0) is 0 Å². The third kappa shape index (κ3) is 3.32. The molecule has 1 N–H and O–H groups in total. The van der Waals surface area contributed by atoms with Gasteiger partial charge in [-0.15, -0.1) is 14.8 Å². The zero-order valence-electron chi connectivity index (χ0n) is 14.8. The van der Waals surface area contributed by atoms with E-state index in [2.05, 4.69) is 30.8 Å². The van der Waals surface area contributed by atoms with Crippen molar-refractivity contribution in [2.45, 2.75) is 18.9 Å². The fraction of sp³-hybridized carbons (Fsp3) is 0.412. The van der Waals surface area contributed by atoms with Crippen LogP contribution in [-0.4, -0.2) is 58.6 Å². The normalized spacial score (nSPS) is 17.3. The summed E-state index contributed by atoms with van der Waals surface area (Å²) in [4.78, 5) is 2.25. The van der Waals surface area contributed by atoms with E-state index in [1.54, 1.807) is 14.2 Å². The quantitative estimate of drug-likeness (QED) is 0.738. The van der Waals surface area contributed by atoms with E-state index < -0.39 is 0 Å². The molecule has 1 atom stereocenters. The van der Waals surface area contributed by atoms with Gasteiger partial charge in [0, 0.05) is 43.0 Å². The van der Waals surface area contributed by atoms with Crippen molar-refractivity contribution in [2.75, 3.05) is 37.5 Å². The van der Waals surface area contributed by atoms with Gasteiger partial charge in [0.1, 0.15) is 11.5 Å². The first kappa shape index (κ1) is 16.4. The molecule has 2 aromatic heterocycles. The Labute approximate surface area is 150 Å². The highest BCUT2D eigenvalue weighted by atomic mass is 16.5. The average Bonchev–Trinajstić information content (AvgIpc) is 3.15. The lowest BCUT2D eigenvalue weighted by atomic mass is 10.1. The molecule has 9 nitrogen and oxygen atoms in total. The van der Waals surface area contributed by atoms with E-state index in [0.717, 1.165) is 48.9 Å². The smallest absolute Gasteiger partial charge is 0.200 e. The molecule has 4 rings (SSSR count). The largest absolute Gasteiger partial charge is 0.497 e. The predicted octanol–water partition coefficient (Wildman–Crippen LogP) is 1.62. The molecule has 26 heavy (non-hydrogen) atoms. The van der Waals surface area contributed by atoms with Crippen molar-refractivity contribution in [1.82, 2.24) is 25.3 Å². The number of benzene rings is 1. The highest BCUT2D eigenvalue weighted by molar-refractivity contribution is 5.55. The zero-order valence-corrected chi connectivity index (χ0v) is 14.8. The maximum Gasteiger partial charge on any atom is 0.200 e. The Kier molecular flexibility index (Phi) is 4.42. The minimum atomic E-state index is 0.298. The Morgan fingerprint density at radius 3 is 2.69 bits per heavy atom. The number of ether oxygens (including phenoxy) is 2. The minimum absolute atomic E-state index is 0.298. The molecule has 1 aromatic carbocycles. The number of anilines is 2. The summed E-state index contributed by atoms with van der Waals surface area (Å²) in [6, 6.07) is 9.96.